The van der Waals surface area contributed by atoms with Gasteiger partial charge in [-0.3, -0.25) is 4.79 Å². The van der Waals surface area contributed by atoms with Crippen molar-refractivity contribution in [1.29, 1.82) is 0 Å². The molecule has 0 heterocycles. The lowest BCUT2D eigenvalue weighted by Crippen LogP contribution is -2.33. The van der Waals surface area contributed by atoms with Crippen molar-refractivity contribution in [1.82, 2.24) is 0 Å². The van der Waals surface area contributed by atoms with Crippen LogP contribution in [0.5, 0.6) is 0 Å². The Morgan fingerprint density at radius 1 is 1.17 bits per heavy atom. The van der Waals surface area contributed by atoms with Crippen LogP contribution in [0.15, 0.2) is 0 Å². The number of hydrogen-bond donors (Lipinski definition) is 0. The summed E-state index contributed by atoms with van der Waals surface area (Å²) < 4.78 is 5.08. The molecule has 0 spiro atoms. The molecule has 0 aromatic heterocycles. The Hall–Kier alpha value is -0.370. The van der Waals surface area contributed by atoms with E-state index < -0.39 is 0 Å². The lowest BCUT2D eigenvalue weighted by atomic mass is 9.66. The maximum atomic E-state index is 12.4. The minimum absolute atomic E-state index is 0.190. The van der Waals surface area contributed by atoms with E-state index in [9.17, 15) is 4.79 Å². The van der Waals surface area contributed by atoms with Gasteiger partial charge in [-0.25, -0.2) is 0 Å². The van der Waals surface area contributed by atoms with Gasteiger partial charge in [-0.2, -0.15) is 0 Å². The Bertz CT molecular complexity index is 274. The Labute approximate surface area is 111 Å². The number of carbonyl (C=O) groups is 1. The molecule has 0 N–H and O–H groups in total. The van der Waals surface area contributed by atoms with E-state index >= 15 is 0 Å². The van der Waals surface area contributed by atoms with Gasteiger partial charge < -0.3 is 4.74 Å². The lowest BCUT2D eigenvalue weighted by molar-refractivity contribution is -0.129. The average Bonchev–Trinajstić information content (AvgIpc) is 2.43. The highest BCUT2D eigenvalue weighted by atomic mass is 16.5. The first-order chi connectivity index (χ1) is 8.72. The van der Waals surface area contributed by atoms with Gasteiger partial charge in [0.2, 0.25) is 0 Å². The molecule has 0 saturated heterocycles. The predicted octanol–water partition coefficient (Wildman–Crippen LogP) is 3.83. The summed E-state index contributed by atoms with van der Waals surface area (Å²) in [6.45, 7) is 2.79. The van der Waals surface area contributed by atoms with E-state index in [1.807, 2.05) is 0 Å². The quantitative estimate of drug-likeness (QED) is 0.743. The number of hydrogen-bond acceptors (Lipinski definition) is 2. The first kappa shape index (κ1) is 14.0. The smallest absolute Gasteiger partial charge is 0.138 e. The molecule has 0 amide bonds. The Balaban J connectivity index is 1.84. The third-order valence-corrected chi connectivity index (χ3v) is 5.18. The Morgan fingerprint density at radius 3 is 2.61 bits per heavy atom. The van der Waals surface area contributed by atoms with Gasteiger partial charge in [-0.15, -0.1) is 0 Å². The molecule has 2 saturated carbocycles. The fraction of sp³-hybridized carbons (Fsp3) is 0.938. The molecular weight excluding hydrogens is 224 g/mol. The van der Waals surface area contributed by atoms with Crippen molar-refractivity contribution in [2.75, 3.05) is 13.7 Å². The van der Waals surface area contributed by atoms with E-state index in [-0.39, 0.29) is 5.92 Å². The van der Waals surface area contributed by atoms with Crippen molar-refractivity contribution in [3.8, 4) is 0 Å². The van der Waals surface area contributed by atoms with Crippen molar-refractivity contribution >= 4 is 5.78 Å². The van der Waals surface area contributed by atoms with Crippen molar-refractivity contribution in [2.45, 2.75) is 58.3 Å². The molecule has 2 aliphatic carbocycles. The third kappa shape index (κ3) is 3.34. The second kappa shape index (κ2) is 6.70. The molecule has 2 rings (SSSR count). The van der Waals surface area contributed by atoms with Gasteiger partial charge in [-0.1, -0.05) is 32.6 Å². The summed E-state index contributed by atoms with van der Waals surface area (Å²) in [5.74, 6) is 2.86. The highest BCUT2D eigenvalue weighted by molar-refractivity contribution is 5.83. The minimum Gasteiger partial charge on any atom is -0.385 e. The summed E-state index contributed by atoms with van der Waals surface area (Å²) in [7, 11) is 1.71. The first-order valence-corrected chi connectivity index (χ1v) is 7.75. The minimum atomic E-state index is 0.190. The van der Waals surface area contributed by atoms with Crippen molar-refractivity contribution in [3.63, 3.8) is 0 Å². The van der Waals surface area contributed by atoms with Crippen molar-refractivity contribution < 1.29 is 9.53 Å². The molecule has 18 heavy (non-hydrogen) atoms. The molecule has 4 unspecified atom stereocenters. The average molecular weight is 252 g/mol. The Morgan fingerprint density at radius 2 is 1.89 bits per heavy atom. The molecule has 0 aromatic carbocycles. The van der Waals surface area contributed by atoms with Crippen LogP contribution in [0, 0.1) is 23.7 Å². The van der Waals surface area contributed by atoms with Crippen LogP contribution >= 0.6 is 0 Å². The van der Waals surface area contributed by atoms with Crippen LogP contribution in [0.4, 0.5) is 0 Å². The molecule has 4 atom stereocenters. The highest BCUT2D eigenvalue weighted by Crippen LogP contribution is 2.43. The molecule has 2 nitrogen and oxygen atoms in total. The fourth-order valence-corrected chi connectivity index (χ4v) is 3.97. The molecule has 2 aliphatic rings. The van der Waals surface area contributed by atoms with Crippen LogP contribution < -0.4 is 0 Å². The Kier molecular flexibility index (Phi) is 5.23. The topological polar surface area (TPSA) is 26.3 Å². The van der Waals surface area contributed by atoms with Crippen LogP contribution in [0.2, 0.25) is 0 Å². The number of fused-ring (bicyclic) bond motifs is 1. The van der Waals surface area contributed by atoms with E-state index in [0.717, 1.165) is 24.7 Å². The van der Waals surface area contributed by atoms with Gasteiger partial charge in [0.1, 0.15) is 5.78 Å². The standard InChI is InChI=1S/C16H28O2/c1-12(9-10-18-2)16(17)15-8-7-13-5-3-4-6-14(13)11-15/h12-15H,3-11H2,1-2H3. The number of carbonyl (C=O) groups excluding carboxylic acids is 1. The molecule has 0 bridgehead atoms. The van der Waals surface area contributed by atoms with Crippen molar-refractivity contribution in [2.24, 2.45) is 23.7 Å². The van der Waals surface area contributed by atoms with Crippen LogP contribution in [-0.2, 0) is 9.53 Å². The number of methoxy groups -OCH3 is 1. The van der Waals surface area contributed by atoms with Gasteiger partial charge >= 0.3 is 0 Å². The van der Waals surface area contributed by atoms with Crippen molar-refractivity contribution in [3.05, 3.63) is 0 Å². The lowest BCUT2D eigenvalue weighted by Gasteiger charge is -2.39. The largest absolute Gasteiger partial charge is 0.385 e. The number of Topliss-reactive ketones (excluding diaryl/α,β-unsaturated/α-hetero) is 1. The maximum absolute atomic E-state index is 12.4. The summed E-state index contributed by atoms with van der Waals surface area (Å²) in [5.41, 5.74) is 0. The summed E-state index contributed by atoms with van der Waals surface area (Å²) in [5, 5.41) is 0. The van der Waals surface area contributed by atoms with E-state index in [2.05, 4.69) is 6.92 Å². The summed E-state index contributed by atoms with van der Waals surface area (Å²) >= 11 is 0. The second-order valence-electron chi connectivity index (χ2n) is 6.40. The number of rotatable bonds is 5. The van der Waals surface area contributed by atoms with E-state index in [1.54, 1.807) is 7.11 Å². The highest BCUT2D eigenvalue weighted by Gasteiger charge is 2.35. The van der Waals surface area contributed by atoms with Gasteiger partial charge in [0, 0.05) is 25.6 Å². The third-order valence-electron chi connectivity index (χ3n) is 5.18. The molecular formula is C16H28O2. The van der Waals surface area contributed by atoms with Gasteiger partial charge in [0.25, 0.3) is 0 Å². The monoisotopic (exact) mass is 252 g/mol. The normalized spacial score (nSPS) is 33.8. The first-order valence-electron chi connectivity index (χ1n) is 7.75. The summed E-state index contributed by atoms with van der Waals surface area (Å²) in [4.78, 5) is 12.4. The molecule has 0 aliphatic heterocycles. The van der Waals surface area contributed by atoms with E-state index in [4.69, 9.17) is 4.74 Å². The second-order valence-corrected chi connectivity index (χ2v) is 6.40. The molecule has 0 aromatic rings. The summed E-state index contributed by atoms with van der Waals surface area (Å²) in [6.07, 6.45) is 10.1. The van der Waals surface area contributed by atoms with Gasteiger partial charge in [0.15, 0.2) is 0 Å². The summed E-state index contributed by atoms with van der Waals surface area (Å²) in [6, 6.07) is 0. The molecule has 104 valence electrons. The zero-order valence-electron chi connectivity index (χ0n) is 12.0. The molecule has 2 heteroatoms. The van der Waals surface area contributed by atoms with E-state index in [1.165, 1.54) is 38.5 Å². The van der Waals surface area contributed by atoms with Crippen LogP contribution in [-0.4, -0.2) is 19.5 Å². The van der Waals surface area contributed by atoms with Crippen LogP contribution in [0.25, 0.3) is 0 Å². The van der Waals surface area contributed by atoms with E-state index in [0.29, 0.717) is 18.3 Å². The van der Waals surface area contributed by atoms with Crippen LogP contribution in [0.1, 0.15) is 58.3 Å². The van der Waals surface area contributed by atoms with Gasteiger partial charge in [-0.05, 0) is 37.5 Å². The number of ether oxygens (including phenoxy) is 1. The van der Waals surface area contributed by atoms with Crippen LogP contribution in [0.3, 0.4) is 0 Å². The van der Waals surface area contributed by atoms with Gasteiger partial charge in [0.05, 0.1) is 0 Å². The zero-order chi connectivity index (χ0) is 13.0. The maximum Gasteiger partial charge on any atom is 0.138 e. The SMILES string of the molecule is COCCC(C)C(=O)C1CCC2CCCCC2C1. The molecule has 2 fully saturated rings. The molecule has 0 radical (unpaired) electrons. The zero-order valence-corrected chi connectivity index (χ0v) is 12.0. The predicted molar refractivity (Wildman–Crippen MR) is 73.5 cm³/mol. The number of ketones is 1. The fourth-order valence-electron chi connectivity index (χ4n) is 3.97.